The molecule has 2 heteroatoms. The molecule has 1 aliphatic rings. The van der Waals surface area contributed by atoms with Gasteiger partial charge in [-0.1, -0.05) is 6.07 Å². The van der Waals surface area contributed by atoms with Crippen molar-refractivity contribution in [1.29, 1.82) is 5.26 Å². The summed E-state index contributed by atoms with van der Waals surface area (Å²) in [6, 6.07) is 8.87. The molecule has 0 aliphatic carbocycles. The van der Waals surface area contributed by atoms with Crippen LogP contribution in [0.5, 0.6) is 0 Å². The van der Waals surface area contributed by atoms with Crippen LogP contribution >= 0.6 is 0 Å². The summed E-state index contributed by atoms with van der Waals surface area (Å²) < 4.78 is 0. The van der Waals surface area contributed by atoms with E-state index in [1.807, 2.05) is 12.1 Å². The summed E-state index contributed by atoms with van der Waals surface area (Å²) in [5, 5.41) is 12.2. The van der Waals surface area contributed by atoms with Gasteiger partial charge in [-0.25, -0.2) is 0 Å². The van der Waals surface area contributed by atoms with Crippen LogP contribution in [-0.4, -0.2) is 0 Å². The normalized spacial score (nSPS) is 25.3. The third-order valence-corrected chi connectivity index (χ3v) is 2.65. The van der Waals surface area contributed by atoms with Gasteiger partial charge in [-0.3, -0.25) is 0 Å². The number of hydrogen-bond donors (Lipinski definition) is 1. The molecule has 0 amide bonds. The molecule has 66 valence electrons. The summed E-state index contributed by atoms with van der Waals surface area (Å²) in [5.74, 6) is 0. The van der Waals surface area contributed by atoms with Crippen LogP contribution in [0.1, 0.15) is 42.6 Å². The molecular weight excluding hydrogens is 160 g/mol. The van der Waals surface area contributed by atoms with Gasteiger partial charge in [0.2, 0.25) is 0 Å². The first-order valence-corrected chi connectivity index (χ1v) is 4.52. The van der Waals surface area contributed by atoms with E-state index in [-0.39, 0.29) is 0 Å². The number of nitrogens with zero attached hydrogens (tertiary/aromatic N) is 1. The topological polar surface area (TPSA) is 35.8 Å². The van der Waals surface area contributed by atoms with Gasteiger partial charge in [0, 0.05) is 12.1 Å². The zero-order valence-electron chi connectivity index (χ0n) is 7.83. The monoisotopic (exact) mass is 172 g/mol. The van der Waals surface area contributed by atoms with Crippen molar-refractivity contribution in [3.8, 4) is 6.07 Å². The van der Waals surface area contributed by atoms with Crippen LogP contribution in [0.4, 0.5) is 0 Å². The molecule has 1 heterocycles. The molecule has 0 aromatic heterocycles. The van der Waals surface area contributed by atoms with Crippen molar-refractivity contribution < 1.29 is 0 Å². The molecule has 0 bridgehead atoms. The number of nitriles is 1. The highest BCUT2D eigenvalue weighted by atomic mass is 15.0. The Morgan fingerprint density at radius 3 is 2.62 bits per heavy atom. The van der Waals surface area contributed by atoms with Crippen LogP contribution in [0.3, 0.4) is 0 Å². The quantitative estimate of drug-likeness (QED) is 0.651. The average molecular weight is 172 g/mol. The van der Waals surface area contributed by atoms with Crippen LogP contribution in [0.25, 0.3) is 0 Å². The fourth-order valence-electron chi connectivity index (χ4n) is 1.97. The van der Waals surface area contributed by atoms with Gasteiger partial charge < -0.3 is 5.32 Å². The van der Waals surface area contributed by atoms with Gasteiger partial charge in [-0.2, -0.15) is 5.26 Å². The summed E-state index contributed by atoms with van der Waals surface area (Å²) in [6.07, 6.45) is 0. The van der Waals surface area contributed by atoms with Crippen molar-refractivity contribution in [3.63, 3.8) is 0 Å². The second-order valence-electron chi connectivity index (χ2n) is 3.57. The number of nitrogens with one attached hydrogen (secondary N) is 1. The van der Waals surface area contributed by atoms with Gasteiger partial charge in [0.05, 0.1) is 11.6 Å². The molecule has 0 saturated heterocycles. The van der Waals surface area contributed by atoms with E-state index in [1.54, 1.807) is 0 Å². The molecule has 1 N–H and O–H groups in total. The minimum absolute atomic E-state index is 0.373. The zero-order valence-corrected chi connectivity index (χ0v) is 7.83. The van der Waals surface area contributed by atoms with Gasteiger partial charge in [0.25, 0.3) is 0 Å². The second kappa shape index (κ2) is 2.86. The fraction of sp³-hybridized carbons (Fsp3) is 0.364. The Bertz CT molecular complexity index is 376. The fourth-order valence-corrected chi connectivity index (χ4v) is 1.97. The van der Waals surface area contributed by atoms with E-state index in [0.717, 1.165) is 5.56 Å². The van der Waals surface area contributed by atoms with Gasteiger partial charge in [0.1, 0.15) is 0 Å². The molecule has 13 heavy (non-hydrogen) atoms. The molecule has 0 fully saturated rings. The largest absolute Gasteiger partial charge is 0.304 e. The van der Waals surface area contributed by atoms with Gasteiger partial charge in [-0.05, 0) is 37.1 Å². The molecule has 2 atom stereocenters. The first kappa shape index (κ1) is 8.28. The van der Waals surface area contributed by atoms with Gasteiger partial charge in [-0.15, -0.1) is 0 Å². The van der Waals surface area contributed by atoms with Gasteiger partial charge in [0.15, 0.2) is 0 Å². The van der Waals surface area contributed by atoms with Crippen molar-refractivity contribution in [2.24, 2.45) is 0 Å². The molecule has 2 unspecified atom stereocenters. The lowest BCUT2D eigenvalue weighted by atomic mass is 10.0. The van der Waals surface area contributed by atoms with Crippen LogP contribution in [-0.2, 0) is 0 Å². The summed E-state index contributed by atoms with van der Waals surface area (Å²) in [6.45, 7) is 4.28. The smallest absolute Gasteiger partial charge is 0.0991 e. The maximum absolute atomic E-state index is 8.75. The molecule has 1 aromatic rings. The molecule has 0 spiro atoms. The lowest BCUT2D eigenvalue weighted by molar-refractivity contribution is 0.553. The number of benzene rings is 1. The highest BCUT2D eigenvalue weighted by Gasteiger charge is 2.23. The Morgan fingerprint density at radius 2 is 1.92 bits per heavy atom. The first-order valence-electron chi connectivity index (χ1n) is 4.52. The summed E-state index contributed by atoms with van der Waals surface area (Å²) >= 11 is 0. The van der Waals surface area contributed by atoms with E-state index in [1.165, 1.54) is 11.1 Å². The number of fused-ring (bicyclic) bond motifs is 1. The van der Waals surface area contributed by atoms with Crippen molar-refractivity contribution in [2.45, 2.75) is 25.9 Å². The average Bonchev–Trinajstić information content (AvgIpc) is 2.42. The Hall–Kier alpha value is -1.33. The van der Waals surface area contributed by atoms with Crippen LogP contribution in [0.15, 0.2) is 18.2 Å². The third-order valence-electron chi connectivity index (χ3n) is 2.65. The van der Waals surface area contributed by atoms with E-state index >= 15 is 0 Å². The standard InChI is InChI=1S/C11H12N2/c1-7-10-4-3-9(6-12)5-11(10)8(2)13-7/h3-5,7-8,13H,1-2H3. The lowest BCUT2D eigenvalue weighted by Crippen LogP contribution is -2.11. The Labute approximate surface area is 78.2 Å². The SMILES string of the molecule is CC1NC(C)c2cc(C#N)ccc21. The van der Waals surface area contributed by atoms with Crippen molar-refractivity contribution in [2.75, 3.05) is 0 Å². The van der Waals surface area contributed by atoms with Crippen molar-refractivity contribution in [1.82, 2.24) is 5.32 Å². The molecule has 0 saturated carbocycles. The second-order valence-corrected chi connectivity index (χ2v) is 3.57. The Balaban J connectivity index is 2.53. The summed E-state index contributed by atoms with van der Waals surface area (Å²) in [5.41, 5.74) is 3.35. The van der Waals surface area contributed by atoms with E-state index in [0.29, 0.717) is 12.1 Å². The number of hydrogen-bond acceptors (Lipinski definition) is 2. The maximum atomic E-state index is 8.75. The highest BCUT2D eigenvalue weighted by molar-refractivity contribution is 5.43. The molecule has 2 nitrogen and oxygen atoms in total. The molecule has 1 aliphatic heterocycles. The Kier molecular flexibility index (Phi) is 1.82. The number of rotatable bonds is 0. The van der Waals surface area contributed by atoms with E-state index in [2.05, 4.69) is 31.3 Å². The zero-order chi connectivity index (χ0) is 9.42. The van der Waals surface area contributed by atoms with Crippen LogP contribution < -0.4 is 5.32 Å². The first-order chi connectivity index (χ1) is 6.22. The summed E-state index contributed by atoms with van der Waals surface area (Å²) in [7, 11) is 0. The Morgan fingerprint density at radius 1 is 1.23 bits per heavy atom. The van der Waals surface area contributed by atoms with E-state index in [9.17, 15) is 0 Å². The molecule has 2 rings (SSSR count). The maximum Gasteiger partial charge on any atom is 0.0991 e. The van der Waals surface area contributed by atoms with Crippen molar-refractivity contribution in [3.05, 3.63) is 34.9 Å². The van der Waals surface area contributed by atoms with E-state index < -0.39 is 0 Å². The lowest BCUT2D eigenvalue weighted by Gasteiger charge is -2.04. The molecule has 1 aromatic carbocycles. The van der Waals surface area contributed by atoms with Gasteiger partial charge >= 0.3 is 0 Å². The summed E-state index contributed by atoms with van der Waals surface area (Å²) in [4.78, 5) is 0. The predicted octanol–water partition coefficient (Wildman–Crippen LogP) is 2.28. The predicted molar refractivity (Wildman–Crippen MR) is 51.1 cm³/mol. The minimum atomic E-state index is 0.373. The van der Waals surface area contributed by atoms with Crippen LogP contribution in [0, 0.1) is 11.3 Å². The minimum Gasteiger partial charge on any atom is -0.304 e. The molecule has 0 radical (unpaired) electrons. The van der Waals surface area contributed by atoms with E-state index in [4.69, 9.17) is 5.26 Å². The third kappa shape index (κ3) is 1.22. The van der Waals surface area contributed by atoms with Crippen LogP contribution in [0.2, 0.25) is 0 Å². The molecular formula is C11H12N2. The highest BCUT2D eigenvalue weighted by Crippen LogP contribution is 2.32. The van der Waals surface area contributed by atoms with Crippen molar-refractivity contribution >= 4 is 0 Å².